The molecule has 2 aromatic rings. The predicted molar refractivity (Wildman–Crippen MR) is 99.5 cm³/mol. The van der Waals surface area contributed by atoms with E-state index in [1.165, 1.54) is 11.3 Å². The molecular formula is C16H16ClN3O2S2. The van der Waals surface area contributed by atoms with Gasteiger partial charge in [0.1, 0.15) is 10.7 Å². The Hall–Kier alpha value is -1.67. The minimum Gasteiger partial charge on any atom is -0.341 e. The number of rotatable bonds is 6. The molecule has 0 bridgehead atoms. The van der Waals surface area contributed by atoms with Gasteiger partial charge in [-0.3, -0.25) is 4.90 Å². The summed E-state index contributed by atoms with van der Waals surface area (Å²) in [5, 5.41) is 3.10. The zero-order chi connectivity index (χ0) is 17.2. The number of sulfonamides is 1. The first-order chi connectivity index (χ1) is 11.5. The monoisotopic (exact) mass is 381 g/mol. The number of thiophene rings is 1. The smallest absolute Gasteiger partial charge is 0.286 e. The van der Waals surface area contributed by atoms with Crippen LogP contribution in [0.25, 0.3) is 0 Å². The second kappa shape index (κ2) is 7.06. The first kappa shape index (κ1) is 17.2. The minimum absolute atomic E-state index is 0.203. The van der Waals surface area contributed by atoms with Crippen molar-refractivity contribution in [3.8, 4) is 0 Å². The van der Waals surface area contributed by atoms with Crippen molar-refractivity contribution in [2.75, 3.05) is 18.4 Å². The van der Waals surface area contributed by atoms with Gasteiger partial charge in [-0.2, -0.15) is 8.42 Å². The average Bonchev–Trinajstić information content (AvgIpc) is 2.92. The highest BCUT2D eigenvalue weighted by molar-refractivity contribution is 7.90. The quantitative estimate of drug-likeness (QED) is 0.776. The molecular weight excluding hydrogens is 366 g/mol. The molecule has 0 atom stereocenters. The van der Waals surface area contributed by atoms with Gasteiger partial charge >= 0.3 is 0 Å². The van der Waals surface area contributed by atoms with Gasteiger partial charge in [-0.25, -0.2) is 0 Å². The van der Waals surface area contributed by atoms with E-state index in [4.69, 9.17) is 11.6 Å². The molecule has 0 unspecified atom stereocenters. The number of fused-ring (bicyclic) bond motifs is 1. The van der Waals surface area contributed by atoms with Crippen LogP contribution < -0.4 is 5.32 Å². The Bertz CT molecular complexity index is 890. The molecule has 3 rings (SSSR count). The fraction of sp³-hybridized carbons (Fsp3) is 0.188. The van der Waals surface area contributed by atoms with Crippen LogP contribution in [0.5, 0.6) is 0 Å². The number of amidine groups is 1. The van der Waals surface area contributed by atoms with Crippen LogP contribution in [0.3, 0.4) is 0 Å². The maximum absolute atomic E-state index is 12.3. The standard InChI is InChI=1S/C16H16ClN3O2S2/c1-2-9-20(10-12-7-8-15(17)23-12)11-16-18-13-5-3-4-6-14(13)24(21,22)19-16/h2-8H,1,9-11H2,(H,18,19). The van der Waals surface area contributed by atoms with Gasteiger partial charge in [0, 0.05) is 18.0 Å². The summed E-state index contributed by atoms with van der Waals surface area (Å²) in [5.41, 5.74) is 0.556. The molecule has 1 N–H and O–H groups in total. The van der Waals surface area contributed by atoms with E-state index >= 15 is 0 Å². The molecule has 126 valence electrons. The lowest BCUT2D eigenvalue weighted by atomic mass is 10.3. The third-order valence-corrected chi connectivity index (χ3v) is 6.03. The number of halogens is 1. The molecule has 24 heavy (non-hydrogen) atoms. The molecule has 1 aliphatic rings. The summed E-state index contributed by atoms with van der Waals surface area (Å²) in [4.78, 5) is 3.35. The van der Waals surface area contributed by atoms with Gasteiger partial charge in [-0.1, -0.05) is 29.8 Å². The summed E-state index contributed by atoms with van der Waals surface area (Å²) < 4.78 is 29.2. The van der Waals surface area contributed by atoms with Gasteiger partial charge in [-0.15, -0.1) is 22.3 Å². The fourth-order valence-corrected chi connectivity index (χ4v) is 4.74. The van der Waals surface area contributed by atoms with Gasteiger partial charge < -0.3 is 5.32 Å². The van der Waals surface area contributed by atoms with Crippen molar-refractivity contribution in [2.45, 2.75) is 11.4 Å². The summed E-state index contributed by atoms with van der Waals surface area (Å²) in [7, 11) is -3.67. The molecule has 0 spiro atoms. The van der Waals surface area contributed by atoms with Crippen LogP contribution in [0.2, 0.25) is 4.34 Å². The highest BCUT2D eigenvalue weighted by Gasteiger charge is 2.25. The second-order valence-electron chi connectivity index (χ2n) is 5.30. The van der Waals surface area contributed by atoms with Gasteiger partial charge in [0.15, 0.2) is 0 Å². The van der Waals surface area contributed by atoms with E-state index in [1.807, 2.05) is 17.0 Å². The third kappa shape index (κ3) is 3.87. The lowest BCUT2D eigenvalue weighted by Gasteiger charge is -2.24. The number of hydrogen-bond acceptors (Lipinski definition) is 5. The zero-order valence-corrected chi connectivity index (χ0v) is 15.2. The van der Waals surface area contributed by atoms with Gasteiger partial charge in [0.25, 0.3) is 10.0 Å². The third-order valence-electron chi connectivity index (χ3n) is 3.44. The minimum atomic E-state index is -3.67. The van der Waals surface area contributed by atoms with Crippen molar-refractivity contribution in [2.24, 2.45) is 4.40 Å². The molecule has 2 heterocycles. The number of benzene rings is 1. The Kier molecular flexibility index (Phi) is 5.05. The Morgan fingerprint density at radius 1 is 1.25 bits per heavy atom. The molecule has 0 saturated heterocycles. The number of nitrogens with one attached hydrogen (secondary N) is 1. The van der Waals surface area contributed by atoms with Crippen LogP contribution in [-0.4, -0.2) is 32.2 Å². The molecule has 0 fully saturated rings. The number of anilines is 1. The molecule has 0 amide bonds. The molecule has 1 aromatic heterocycles. The van der Waals surface area contributed by atoms with Gasteiger partial charge in [0.05, 0.1) is 16.6 Å². The van der Waals surface area contributed by atoms with E-state index in [2.05, 4.69) is 16.3 Å². The van der Waals surface area contributed by atoms with Crippen molar-refractivity contribution in [1.29, 1.82) is 0 Å². The van der Waals surface area contributed by atoms with E-state index in [9.17, 15) is 8.42 Å². The van der Waals surface area contributed by atoms with E-state index < -0.39 is 10.0 Å². The summed E-state index contributed by atoms with van der Waals surface area (Å²) in [6, 6.07) is 10.6. The summed E-state index contributed by atoms with van der Waals surface area (Å²) in [6.45, 7) is 5.39. The molecule has 8 heteroatoms. The van der Waals surface area contributed by atoms with E-state index in [0.29, 0.717) is 31.2 Å². The van der Waals surface area contributed by atoms with Crippen molar-refractivity contribution in [3.05, 3.63) is 58.3 Å². The largest absolute Gasteiger partial charge is 0.341 e. The van der Waals surface area contributed by atoms with Crippen LogP contribution in [0.1, 0.15) is 4.88 Å². The maximum Gasteiger partial charge on any atom is 0.286 e. The van der Waals surface area contributed by atoms with Crippen LogP contribution in [0.15, 0.2) is 58.3 Å². The van der Waals surface area contributed by atoms with Crippen molar-refractivity contribution >= 4 is 44.5 Å². The highest BCUT2D eigenvalue weighted by atomic mass is 35.5. The summed E-state index contributed by atoms with van der Waals surface area (Å²) in [5.74, 6) is 0.401. The highest BCUT2D eigenvalue weighted by Crippen LogP contribution is 2.27. The van der Waals surface area contributed by atoms with Crippen LogP contribution in [0, 0.1) is 0 Å². The Labute approximate surface area is 150 Å². The molecule has 5 nitrogen and oxygen atoms in total. The molecule has 1 aliphatic heterocycles. The zero-order valence-electron chi connectivity index (χ0n) is 12.8. The van der Waals surface area contributed by atoms with Gasteiger partial charge in [0.2, 0.25) is 0 Å². The number of nitrogens with zero attached hydrogens (tertiary/aromatic N) is 2. The molecule has 0 saturated carbocycles. The SMILES string of the molecule is C=CCN(CC1=NS(=O)(=O)c2ccccc2N1)Cc1ccc(Cl)s1. The first-order valence-corrected chi connectivity index (χ1v) is 9.89. The molecule has 1 aromatic carbocycles. The van der Waals surface area contributed by atoms with Crippen molar-refractivity contribution < 1.29 is 8.42 Å². The topological polar surface area (TPSA) is 61.8 Å². The number of hydrogen-bond donors (Lipinski definition) is 1. The number of para-hydroxylation sites is 1. The Morgan fingerprint density at radius 2 is 2.04 bits per heavy atom. The first-order valence-electron chi connectivity index (χ1n) is 7.25. The molecule has 0 aliphatic carbocycles. The average molecular weight is 382 g/mol. The van der Waals surface area contributed by atoms with E-state index in [-0.39, 0.29) is 4.90 Å². The van der Waals surface area contributed by atoms with Crippen molar-refractivity contribution in [1.82, 2.24) is 4.90 Å². The second-order valence-corrected chi connectivity index (χ2v) is 8.67. The normalized spacial score (nSPS) is 15.5. The van der Waals surface area contributed by atoms with E-state index in [1.54, 1.807) is 30.3 Å². The Balaban J connectivity index is 1.80. The molecule has 0 radical (unpaired) electrons. The van der Waals surface area contributed by atoms with Crippen LogP contribution in [0.4, 0.5) is 5.69 Å². The van der Waals surface area contributed by atoms with E-state index in [0.717, 1.165) is 9.21 Å². The Morgan fingerprint density at radius 3 is 2.75 bits per heavy atom. The lowest BCUT2D eigenvalue weighted by molar-refractivity contribution is 0.340. The summed E-state index contributed by atoms with van der Waals surface area (Å²) >= 11 is 7.47. The predicted octanol–water partition coefficient (Wildman–Crippen LogP) is 3.60. The van der Waals surface area contributed by atoms with Gasteiger partial charge in [-0.05, 0) is 24.3 Å². The maximum atomic E-state index is 12.3. The van der Waals surface area contributed by atoms with Crippen LogP contribution in [-0.2, 0) is 16.6 Å². The van der Waals surface area contributed by atoms with Crippen LogP contribution >= 0.6 is 22.9 Å². The van der Waals surface area contributed by atoms with Crippen molar-refractivity contribution in [3.63, 3.8) is 0 Å². The summed E-state index contributed by atoms with van der Waals surface area (Å²) in [6.07, 6.45) is 1.78. The fourth-order valence-electron chi connectivity index (χ4n) is 2.47. The lowest BCUT2D eigenvalue weighted by Crippen LogP contribution is -2.35.